The molecule has 1 unspecified atom stereocenters. The molecule has 1 saturated carbocycles. The highest BCUT2D eigenvalue weighted by Crippen LogP contribution is 2.69. The molecule has 0 amide bonds. The maximum Gasteiger partial charge on any atom is 0.317 e. The number of pyridine rings is 1. The van der Waals surface area contributed by atoms with Crippen molar-refractivity contribution in [3.63, 3.8) is 0 Å². The van der Waals surface area contributed by atoms with Gasteiger partial charge in [-0.2, -0.15) is 4.98 Å². The number of nitrogens with one attached hydrogen (secondary N) is 1. The van der Waals surface area contributed by atoms with Gasteiger partial charge in [-0.15, -0.1) is 6.42 Å². The molecular formula is C35H34F4N6O2. The molecule has 6 heterocycles. The summed E-state index contributed by atoms with van der Waals surface area (Å²) in [5.41, 5.74) is -1.89. The van der Waals surface area contributed by atoms with Gasteiger partial charge in [0.2, 0.25) is 0 Å². The normalized spacial score (nSPS) is 33.5. The van der Waals surface area contributed by atoms with Gasteiger partial charge in [-0.25, -0.2) is 22.5 Å². The van der Waals surface area contributed by atoms with Crippen LogP contribution < -0.4 is 10.1 Å². The van der Waals surface area contributed by atoms with E-state index in [1.807, 2.05) is 0 Å². The number of hydrogen-bond donors (Lipinski definition) is 2. The van der Waals surface area contributed by atoms with Crippen LogP contribution in [0.25, 0.3) is 16.6 Å². The summed E-state index contributed by atoms with van der Waals surface area (Å²) < 4.78 is 66.1. The fourth-order valence-electron chi connectivity index (χ4n) is 9.21. The Kier molecular flexibility index (Phi) is 6.17. The molecule has 4 saturated heterocycles. The minimum atomic E-state index is -2.65. The van der Waals surface area contributed by atoms with Crippen LogP contribution in [-0.2, 0) is 12.0 Å². The number of halogens is 4. The van der Waals surface area contributed by atoms with Crippen LogP contribution in [0.2, 0.25) is 0 Å². The lowest BCUT2D eigenvalue weighted by molar-refractivity contribution is 0.0647. The van der Waals surface area contributed by atoms with Crippen LogP contribution in [0.5, 0.6) is 6.01 Å². The molecule has 9 rings (SSSR count). The van der Waals surface area contributed by atoms with E-state index in [4.69, 9.17) is 11.2 Å². The van der Waals surface area contributed by atoms with Crippen molar-refractivity contribution in [2.45, 2.75) is 74.1 Å². The topological polar surface area (TPSA) is 86.6 Å². The van der Waals surface area contributed by atoms with Gasteiger partial charge in [-0.1, -0.05) is 12.0 Å². The van der Waals surface area contributed by atoms with Crippen molar-refractivity contribution in [3.8, 4) is 18.4 Å². The molecule has 2 aromatic heterocycles. The summed E-state index contributed by atoms with van der Waals surface area (Å²) in [6, 6.07) is 3.28. The number of nitrogens with zero attached hydrogens (tertiary/aromatic N) is 5. The summed E-state index contributed by atoms with van der Waals surface area (Å²) in [5, 5.41) is 16.1. The lowest BCUT2D eigenvalue weighted by atomic mass is 9.79. The fraction of sp³-hybridized carbons (Fsp3) is 0.514. The predicted octanol–water partition coefficient (Wildman–Crippen LogP) is 4.15. The van der Waals surface area contributed by atoms with E-state index in [-0.39, 0.29) is 54.3 Å². The Morgan fingerprint density at radius 3 is 2.62 bits per heavy atom. The zero-order valence-corrected chi connectivity index (χ0v) is 25.7. The smallest absolute Gasteiger partial charge is 0.317 e. The van der Waals surface area contributed by atoms with E-state index in [1.165, 1.54) is 18.5 Å². The summed E-state index contributed by atoms with van der Waals surface area (Å²) in [5.74, 6) is -1.50. The van der Waals surface area contributed by atoms with Crippen LogP contribution in [0.15, 0.2) is 30.6 Å². The number of ether oxygens (including phenoxy) is 1. The fourth-order valence-corrected chi connectivity index (χ4v) is 9.21. The number of likely N-dealkylation sites (tertiary alicyclic amines) is 1. The molecule has 244 valence electrons. The summed E-state index contributed by atoms with van der Waals surface area (Å²) in [6.45, 7) is 2.50. The maximum atomic E-state index is 16.5. The Hall–Kier alpha value is -3.79. The van der Waals surface area contributed by atoms with Gasteiger partial charge < -0.3 is 20.1 Å². The second-order valence-corrected chi connectivity index (χ2v) is 14.5. The van der Waals surface area contributed by atoms with Crippen molar-refractivity contribution in [2.24, 2.45) is 5.41 Å². The van der Waals surface area contributed by atoms with E-state index in [9.17, 15) is 18.3 Å². The van der Waals surface area contributed by atoms with Crippen molar-refractivity contribution < 1.29 is 27.4 Å². The van der Waals surface area contributed by atoms with Crippen LogP contribution in [0.1, 0.15) is 60.9 Å². The lowest BCUT2D eigenvalue weighted by Gasteiger charge is -2.41. The molecular weight excluding hydrogens is 612 g/mol. The third kappa shape index (κ3) is 4.35. The Balaban J connectivity index is 1.06. The zero-order chi connectivity index (χ0) is 32.3. The van der Waals surface area contributed by atoms with Crippen LogP contribution >= 0.6 is 0 Å². The van der Waals surface area contributed by atoms with Gasteiger partial charge in [0, 0.05) is 73.6 Å². The highest BCUT2D eigenvalue weighted by molar-refractivity contribution is 5.80. The molecule has 6 aliphatic rings. The van der Waals surface area contributed by atoms with Crippen LogP contribution in [0, 0.1) is 29.4 Å². The van der Waals surface area contributed by atoms with E-state index in [2.05, 4.69) is 36.0 Å². The van der Waals surface area contributed by atoms with Crippen molar-refractivity contribution >= 4 is 16.6 Å². The summed E-state index contributed by atoms with van der Waals surface area (Å²) >= 11 is 0. The third-order valence-corrected chi connectivity index (χ3v) is 11.6. The number of piperazine rings is 1. The Morgan fingerprint density at radius 2 is 1.87 bits per heavy atom. The number of terminal acetylenes is 1. The van der Waals surface area contributed by atoms with Gasteiger partial charge >= 0.3 is 6.01 Å². The molecule has 1 aromatic carbocycles. The van der Waals surface area contributed by atoms with Crippen LogP contribution in [0.4, 0.5) is 17.6 Å². The van der Waals surface area contributed by atoms with Gasteiger partial charge in [0.1, 0.15) is 29.2 Å². The molecule has 2 N–H and O–H groups in total. The number of aromatic nitrogens is 3. The average Bonchev–Trinajstić information content (AvgIpc) is 3.38. The van der Waals surface area contributed by atoms with Crippen molar-refractivity contribution in [3.05, 3.63) is 64.6 Å². The summed E-state index contributed by atoms with van der Waals surface area (Å²) in [7, 11) is 0. The second kappa shape index (κ2) is 9.87. The van der Waals surface area contributed by atoms with E-state index < -0.39 is 34.1 Å². The van der Waals surface area contributed by atoms with Gasteiger partial charge in [-0.3, -0.25) is 9.88 Å². The van der Waals surface area contributed by atoms with Crippen molar-refractivity contribution in [2.75, 3.05) is 32.8 Å². The third-order valence-electron chi connectivity index (χ3n) is 11.6. The Morgan fingerprint density at radius 1 is 1.11 bits per heavy atom. The molecule has 3 aromatic rings. The molecule has 2 bridgehead atoms. The largest absolute Gasteiger partial charge is 0.461 e. The second-order valence-electron chi connectivity index (χ2n) is 14.5. The summed E-state index contributed by atoms with van der Waals surface area (Å²) in [6.07, 6.45) is 14.0. The van der Waals surface area contributed by atoms with E-state index in [0.29, 0.717) is 48.3 Å². The molecule has 8 nitrogen and oxygen atoms in total. The monoisotopic (exact) mass is 646 g/mol. The number of benzene rings is 1. The first-order valence-corrected chi connectivity index (χ1v) is 16.3. The lowest BCUT2D eigenvalue weighted by Crippen LogP contribution is -2.51. The molecule has 2 aliphatic carbocycles. The van der Waals surface area contributed by atoms with Gasteiger partial charge in [-0.05, 0) is 56.4 Å². The predicted molar refractivity (Wildman–Crippen MR) is 164 cm³/mol. The van der Waals surface area contributed by atoms with E-state index >= 15 is 4.39 Å². The van der Waals surface area contributed by atoms with E-state index in [0.717, 1.165) is 32.2 Å². The summed E-state index contributed by atoms with van der Waals surface area (Å²) in [4.78, 5) is 17.2. The highest BCUT2D eigenvalue weighted by atomic mass is 19.3. The van der Waals surface area contributed by atoms with E-state index in [1.54, 1.807) is 12.1 Å². The zero-order valence-electron chi connectivity index (χ0n) is 25.7. The molecule has 1 spiro atoms. The van der Waals surface area contributed by atoms with Crippen molar-refractivity contribution in [1.29, 1.82) is 0 Å². The number of alkyl halides is 2. The first-order chi connectivity index (χ1) is 22.5. The number of hydrogen-bond acceptors (Lipinski definition) is 8. The standard InChI is InChI=1S/C35H34F4N6O2/c1-2-24-25(36)7-4-20-10-34(46,11-26(27(20)24)44-14-22-5-6-23(15-44)42-22)30-28(37)29-21(12-40-30)13-41-31(43-29)47-19-33-8-3-9-45(33)18-32(16-33)17-35(32,38)39/h1,4,7,11-13,22-23,42,46H,3,5-6,8-10,14-19H2/t22-,23+,32-,33+,34?/m0/s1. The average molecular weight is 647 g/mol. The Labute approximate surface area is 269 Å². The molecule has 12 heteroatoms. The molecule has 5 atom stereocenters. The number of fused-ring (bicyclic) bond motifs is 5. The van der Waals surface area contributed by atoms with Gasteiger partial charge in [0.15, 0.2) is 5.82 Å². The number of rotatable bonds is 5. The highest BCUT2D eigenvalue weighted by Gasteiger charge is 2.77. The molecule has 47 heavy (non-hydrogen) atoms. The van der Waals surface area contributed by atoms with Gasteiger partial charge in [0.25, 0.3) is 5.92 Å². The molecule has 0 radical (unpaired) electrons. The van der Waals surface area contributed by atoms with Crippen LogP contribution in [0.3, 0.4) is 0 Å². The Bertz CT molecular complexity index is 1900. The molecule has 5 fully saturated rings. The van der Waals surface area contributed by atoms with Crippen LogP contribution in [-0.4, -0.2) is 86.2 Å². The SMILES string of the molecule is C#Cc1c(F)ccc2c1C(N1C[C@H]3CC[C@@H](C1)N3)=CC(O)(c1ncc3cnc(OC[C@]45CCCN4C[C@@]4(CC4(F)F)C5)nc3c1F)C2. The maximum absolute atomic E-state index is 16.5. The van der Waals surface area contributed by atoms with Crippen molar-refractivity contribution in [1.82, 2.24) is 30.1 Å². The van der Waals surface area contributed by atoms with Gasteiger partial charge in [0.05, 0.1) is 16.5 Å². The minimum absolute atomic E-state index is 0.0686. The first kappa shape index (κ1) is 29.4. The number of aliphatic hydroxyl groups is 1. The first-order valence-electron chi connectivity index (χ1n) is 16.3. The minimum Gasteiger partial charge on any atom is -0.461 e. The molecule has 4 aliphatic heterocycles. The quantitative estimate of drug-likeness (QED) is 0.316.